The molecule has 11 heteroatoms. The lowest BCUT2D eigenvalue weighted by molar-refractivity contribution is -0.213. The molecule has 2 heterocycles. The van der Waals surface area contributed by atoms with Crippen LogP contribution in [0.25, 0.3) is 0 Å². The Kier molecular flexibility index (Phi) is 8.91. The van der Waals surface area contributed by atoms with Crippen LogP contribution in [0.15, 0.2) is 0 Å². The molecule has 5 atom stereocenters. The van der Waals surface area contributed by atoms with E-state index in [1.807, 2.05) is 0 Å². The SMILES string of the molecule is CC[Si](CC)(CC)O[C@@H]1[C@H](O[Si](CC)(CC)CC)[C@@H]2OC[C@@H](O2)[C@H]1OS(N)(=O)=O. The van der Waals surface area contributed by atoms with Crippen molar-refractivity contribution in [2.45, 2.75) is 109 Å². The summed E-state index contributed by atoms with van der Waals surface area (Å²) in [6.45, 7) is 13.1. The second-order valence-corrected chi connectivity index (χ2v) is 18.7. The van der Waals surface area contributed by atoms with Crippen LogP contribution in [0.4, 0.5) is 0 Å². The number of fused-ring (bicyclic) bond motifs is 2. The van der Waals surface area contributed by atoms with Crippen LogP contribution in [-0.2, 0) is 32.8 Å². The Morgan fingerprint density at radius 3 is 1.69 bits per heavy atom. The van der Waals surface area contributed by atoms with Gasteiger partial charge in [0, 0.05) is 0 Å². The van der Waals surface area contributed by atoms with E-state index in [4.69, 9.17) is 27.6 Å². The van der Waals surface area contributed by atoms with Crippen LogP contribution in [0.2, 0.25) is 36.3 Å². The number of hydrogen-bond acceptors (Lipinski definition) is 7. The maximum atomic E-state index is 11.8. The minimum Gasteiger partial charge on any atom is -0.408 e. The van der Waals surface area contributed by atoms with Gasteiger partial charge in [-0.05, 0) is 36.3 Å². The lowest BCUT2D eigenvalue weighted by Crippen LogP contribution is -2.63. The van der Waals surface area contributed by atoms with Gasteiger partial charge in [0.05, 0.1) is 6.61 Å². The Labute approximate surface area is 178 Å². The molecule has 0 aromatic carbocycles. The van der Waals surface area contributed by atoms with Crippen molar-refractivity contribution < 1.29 is 30.9 Å². The lowest BCUT2D eigenvalue weighted by Gasteiger charge is -2.47. The minimum absolute atomic E-state index is 0.239. The zero-order chi connectivity index (χ0) is 21.9. The topological polar surface area (TPSA) is 106 Å². The maximum Gasteiger partial charge on any atom is 0.333 e. The van der Waals surface area contributed by atoms with E-state index in [-0.39, 0.29) is 6.61 Å². The van der Waals surface area contributed by atoms with E-state index in [9.17, 15) is 8.42 Å². The molecule has 2 N–H and O–H groups in total. The highest BCUT2D eigenvalue weighted by molar-refractivity contribution is 7.84. The van der Waals surface area contributed by atoms with Gasteiger partial charge in [0.2, 0.25) is 0 Å². The van der Waals surface area contributed by atoms with Crippen molar-refractivity contribution in [3.63, 3.8) is 0 Å². The fourth-order valence-electron chi connectivity index (χ4n) is 4.44. The highest BCUT2D eigenvalue weighted by Crippen LogP contribution is 2.39. The zero-order valence-electron chi connectivity index (χ0n) is 18.7. The second kappa shape index (κ2) is 10.2. The van der Waals surface area contributed by atoms with Gasteiger partial charge in [-0.1, -0.05) is 41.5 Å². The first kappa shape index (κ1) is 25.4. The van der Waals surface area contributed by atoms with Crippen LogP contribution >= 0.6 is 0 Å². The Hall–Kier alpha value is 0.144. The van der Waals surface area contributed by atoms with Crippen molar-refractivity contribution >= 4 is 26.9 Å². The first-order chi connectivity index (χ1) is 13.6. The van der Waals surface area contributed by atoms with Gasteiger partial charge < -0.3 is 18.3 Å². The van der Waals surface area contributed by atoms with E-state index in [0.717, 1.165) is 36.3 Å². The molecular weight excluding hydrogens is 430 g/mol. The number of rotatable bonds is 12. The average molecular weight is 470 g/mol. The van der Waals surface area contributed by atoms with Crippen LogP contribution in [0.1, 0.15) is 41.5 Å². The average Bonchev–Trinajstić information content (AvgIpc) is 3.15. The molecule has 172 valence electrons. The van der Waals surface area contributed by atoms with Crippen LogP contribution in [-0.4, -0.2) is 62.4 Å². The molecule has 0 saturated carbocycles. The van der Waals surface area contributed by atoms with Crippen LogP contribution in [0, 0.1) is 0 Å². The number of nitrogens with two attached hydrogens (primary N) is 1. The molecule has 2 bridgehead atoms. The largest absolute Gasteiger partial charge is 0.408 e. The highest BCUT2D eigenvalue weighted by Gasteiger charge is 2.57. The lowest BCUT2D eigenvalue weighted by atomic mass is 10.0. The Morgan fingerprint density at radius 1 is 0.828 bits per heavy atom. The van der Waals surface area contributed by atoms with Gasteiger partial charge in [0.1, 0.15) is 24.4 Å². The Bertz CT molecular complexity index is 611. The molecule has 0 aliphatic carbocycles. The van der Waals surface area contributed by atoms with E-state index in [2.05, 4.69) is 41.5 Å². The Morgan fingerprint density at radius 2 is 1.28 bits per heavy atom. The van der Waals surface area contributed by atoms with Crippen LogP contribution in [0.3, 0.4) is 0 Å². The normalized spacial score (nSPS) is 30.7. The summed E-state index contributed by atoms with van der Waals surface area (Å²) in [5.41, 5.74) is 0. The van der Waals surface area contributed by atoms with Gasteiger partial charge in [-0.2, -0.15) is 8.42 Å². The fourth-order valence-corrected chi connectivity index (χ4v) is 10.7. The summed E-state index contributed by atoms with van der Waals surface area (Å²) < 4.78 is 54.4. The first-order valence-corrected chi connectivity index (χ1v) is 17.5. The number of hydrogen-bond donors (Lipinski definition) is 1. The number of ether oxygens (including phenoxy) is 2. The summed E-state index contributed by atoms with van der Waals surface area (Å²) >= 11 is 0. The van der Waals surface area contributed by atoms with E-state index in [1.165, 1.54) is 0 Å². The molecule has 2 fully saturated rings. The summed E-state index contributed by atoms with van der Waals surface area (Å²) in [7, 11) is -8.32. The molecular formula is C18H39NO7SSi2. The summed E-state index contributed by atoms with van der Waals surface area (Å²) in [5, 5.41) is 5.25. The van der Waals surface area contributed by atoms with Gasteiger partial charge in [-0.25, -0.2) is 9.32 Å². The minimum atomic E-state index is -4.19. The molecule has 0 amide bonds. The molecule has 8 nitrogen and oxygen atoms in total. The van der Waals surface area contributed by atoms with Crippen molar-refractivity contribution in [3.8, 4) is 0 Å². The third-order valence-electron chi connectivity index (χ3n) is 6.90. The molecule has 0 aromatic heterocycles. The molecule has 0 radical (unpaired) electrons. The predicted molar refractivity (Wildman–Crippen MR) is 117 cm³/mol. The van der Waals surface area contributed by atoms with Gasteiger partial charge in [0.25, 0.3) is 0 Å². The van der Waals surface area contributed by atoms with Crippen LogP contribution in [0.5, 0.6) is 0 Å². The molecule has 2 saturated heterocycles. The highest BCUT2D eigenvalue weighted by atomic mass is 32.2. The van der Waals surface area contributed by atoms with Crippen molar-refractivity contribution in [1.29, 1.82) is 0 Å². The molecule has 2 rings (SSSR count). The van der Waals surface area contributed by atoms with Crippen molar-refractivity contribution in [3.05, 3.63) is 0 Å². The fraction of sp³-hybridized carbons (Fsp3) is 1.00. The third-order valence-corrected chi connectivity index (χ3v) is 16.7. The Balaban J connectivity index is 2.45. The third kappa shape index (κ3) is 5.69. The zero-order valence-corrected chi connectivity index (χ0v) is 21.5. The molecule has 0 aromatic rings. The summed E-state index contributed by atoms with van der Waals surface area (Å²) in [6.07, 6.45) is -3.09. The summed E-state index contributed by atoms with van der Waals surface area (Å²) in [4.78, 5) is 0. The van der Waals surface area contributed by atoms with Gasteiger partial charge in [0.15, 0.2) is 22.9 Å². The van der Waals surface area contributed by atoms with Gasteiger partial charge in [-0.3, -0.25) is 0 Å². The van der Waals surface area contributed by atoms with Crippen LogP contribution < -0.4 is 5.14 Å². The quantitative estimate of drug-likeness (QED) is 0.438. The summed E-state index contributed by atoms with van der Waals surface area (Å²) in [6, 6.07) is 5.66. The first-order valence-electron chi connectivity index (χ1n) is 11.0. The summed E-state index contributed by atoms with van der Waals surface area (Å²) in [5.74, 6) is 0. The molecule has 2 aliphatic rings. The molecule has 29 heavy (non-hydrogen) atoms. The van der Waals surface area contributed by atoms with Crippen molar-refractivity contribution in [2.75, 3.05) is 6.61 Å². The molecule has 2 aliphatic heterocycles. The predicted octanol–water partition coefficient (Wildman–Crippen LogP) is 3.11. The van der Waals surface area contributed by atoms with Gasteiger partial charge in [-0.15, -0.1) is 0 Å². The standard InChI is InChI=1S/C18H39NO7SSi2/c1-7-28(8-2,9-3)25-16-15(24-27(19,20)21)14-13-22-18(23-14)17(16)26-29(10-4,11-5)12-6/h14-18H,7-13H2,1-6H3,(H2,19,20,21)/t14-,15-,16+,17+,18-/m1/s1. The maximum absolute atomic E-state index is 11.8. The van der Waals surface area contributed by atoms with Crippen molar-refractivity contribution in [2.24, 2.45) is 5.14 Å². The smallest absolute Gasteiger partial charge is 0.333 e. The second-order valence-electron chi connectivity index (χ2n) is 8.08. The van der Waals surface area contributed by atoms with E-state index in [1.54, 1.807) is 0 Å². The molecule has 0 unspecified atom stereocenters. The van der Waals surface area contributed by atoms with E-state index in [0.29, 0.717) is 0 Å². The monoisotopic (exact) mass is 469 g/mol. The van der Waals surface area contributed by atoms with E-state index >= 15 is 0 Å². The van der Waals surface area contributed by atoms with E-state index < -0.39 is 57.6 Å². The van der Waals surface area contributed by atoms with Gasteiger partial charge >= 0.3 is 10.3 Å². The molecule has 0 spiro atoms. The van der Waals surface area contributed by atoms with Crippen molar-refractivity contribution in [1.82, 2.24) is 0 Å².